The van der Waals surface area contributed by atoms with Crippen LogP contribution in [0.1, 0.15) is 22.8 Å². The van der Waals surface area contributed by atoms with Crippen molar-refractivity contribution in [1.82, 2.24) is 20.0 Å². The molecule has 3 aromatic rings. The molecule has 1 aliphatic rings. The van der Waals surface area contributed by atoms with Gasteiger partial charge in [0.1, 0.15) is 11.1 Å². The van der Waals surface area contributed by atoms with E-state index in [9.17, 15) is 0 Å². The SMILES string of the molecule is Cc1noc(CN2CCO[C@H](c3nc(-c4ccccc4)cs3)C2)n1. The van der Waals surface area contributed by atoms with Crippen molar-refractivity contribution in [3.63, 3.8) is 0 Å². The van der Waals surface area contributed by atoms with Gasteiger partial charge in [-0.05, 0) is 6.92 Å². The van der Waals surface area contributed by atoms with E-state index >= 15 is 0 Å². The molecular formula is C17H18N4O2S. The van der Waals surface area contributed by atoms with E-state index in [1.165, 1.54) is 0 Å². The summed E-state index contributed by atoms with van der Waals surface area (Å²) in [6.07, 6.45) is -0.00905. The molecule has 0 radical (unpaired) electrons. The fourth-order valence-electron chi connectivity index (χ4n) is 2.77. The molecule has 124 valence electrons. The van der Waals surface area contributed by atoms with Gasteiger partial charge in [0.25, 0.3) is 0 Å². The van der Waals surface area contributed by atoms with E-state index in [-0.39, 0.29) is 6.10 Å². The molecule has 0 N–H and O–H groups in total. The van der Waals surface area contributed by atoms with E-state index in [2.05, 4.69) is 32.6 Å². The van der Waals surface area contributed by atoms with Crippen LogP contribution in [0.3, 0.4) is 0 Å². The van der Waals surface area contributed by atoms with Crippen molar-refractivity contribution < 1.29 is 9.26 Å². The summed E-state index contributed by atoms with van der Waals surface area (Å²) in [7, 11) is 0. The van der Waals surface area contributed by atoms with Crippen LogP contribution >= 0.6 is 11.3 Å². The highest BCUT2D eigenvalue weighted by Crippen LogP contribution is 2.29. The zero-order valence-corrected chi connectivity index (χ0v) is 14.2. The maximum atomic E-state index is 5.93. The van der Waals surface area contributed by atoms with Crippen LogP contribution in [0.4, 0.5) is 0 Å². The lowest BCUT2D eigenvalue weighted by molar-refractivity contribution is -0.0356. The maximum Gasteiger partial charge on any atom is 0.240 e. The Morgan fingerprint density at radius 2 is 2.12 bits per heavy atom. The third-order valence-corrected chi connectivity index (χ3v) is 4.88. The van der Waals surface area contributed by atoms with Gasteiger partial charge in [0.05, 0.1) is 18.8 Å². The van der Waals surface area contributed by atoms with E-state index in [1.54, 1.807) is 11.3 Å². The molecule has 0 bridgehead atoms. The normalized spacial score (nSPS) is 18.8. The first-order valence-electron chi connectivity index (χ1n) is 7.92. The summed E-state index contributed by atoms with van der Waals surface area (Å²) < 4.78 is 11.1. The van der Waals surface area contributed by atoms with Crippen LogP contribution in [0.25, 0.3) is 11.3 Å². The highest BCUT2D eigenvalue weighted by atomic mass is 32.1. The van der Waals surface area contributed by atoms with Gasteiger partial charge in [0.15, 0.2) is 5.82 Å². The summed E-state index contributed by atoms with van der Waals surface area (Å²) in [5.41, 5.74) is 2.14. The fraction of sp³-hybridized carbons (Fsp3) is 0.353. The van der Waals surface area contributed by atoms with Gasteiger partial charge in [-0.3, -0.25) is 4.90 Å². The van der Waals surface area contributed by atoms with Crippen molar-refractivity contribution in [2.75, 3.05) is 19.7 Å². The molecule has 1 saturated heterocycles. The quantitative estimate of drug-likeness (QED) is 0.726. The van der Waals surface area contributed by atoms with Gasteiger partial charge in [-0.1, -0.05) is 35.5 Å². The summed E-state index contributed by atoms with van der Waals surface area (Å²) in [4.78, 5) is 11.3. The Morgan fingerprint density at radius 1 is 1.25 bits per heavy atom. The van der Waals surface area contributed by atoms with Crippen molar-refractivity contribution in [2.45, 2.75) is 19.6 Å². The lowest BCUT2D eigenvalue weighted by Crippen LogP contribution is -2.37. The minimum absolute atomic E-state index is 0.00905. The first kappa shape index (κ1) is 15.4. The smallest absolute Gasteiger partial charge is 0.240 e. The average Bonchev–Trinajstić information content (AvgIpc) is 3.25. The second kappa shape index (κ2) is 6.80. The molecule has 6 nitrogen and oxygen atoms in total. The number of aromatic nitrogens is 3. The van der Waals surface area contributed by atoms with E-state index in [0.717, 1.165) is 29.4 Å². The molecule has 0 spiro atoms. The number of benzene rings is 1. The predicted molar refractivity (Wildman–Crippen MR) is 90.6 cm³/mol. The molecule has 0 aliphatic carbocycles. The first-order chi connectivity index (χ1) is 11.8. The lowest BCUT2D eigenvalue weighted by Gasteiger charge is -2.30. The number of ether oxygens (including phenoxy) is 1. The van der Waals surface area contributed by atoms with Crippen LogP contribution in [-0.2, 0) is 11.3 Å². The van der Waals surface area contributed by atoms with Crippen molar-refractivity contribution in [2.24, 2.45) is 0 Å². The number of morpholine rings is 1. The number of aryl methyl sites for hydroxylation is 1. The minimum atomic E-state index is -0.00905. The number of rotatable bonds is 4. The van der Waals surface area contributed by atoms with Crippen LogP contribution in [-0.4, -0.2) is 39.7 Å². The molecule has 0 amide bonds. The summed E-state index contributed by atoms with van der Waals surface area (Å²) in [5.74, 6) is 1.32. The minimum Gasteiger partial charge on any atom is -0.368 e. The Balaban J connectivity index is 1.45. The number of hydrogen-bond acceptors (Lipinski definition) is 7. The molecule has 0 saturated carbocycles. The van der Waals surface area contributed by atoms with Gasteiger partial charge in [-0.2, -0.15) is 4.98 Å². The Bertz CT molecular complexity index is 802. The van der Waals surface area contributed by atoms with Gasteiger partial charge in [0, 0.05) is 24.0 Å². The van der Waals surface area contributed by atoms with Crippen molar-refractivity contribution in [3.05, 3.63) is 52.4 Å². The molecule has 1 aliphatic heterocycles. The van der Waals surface area contributed by atoms with E-state index < -0.39 is 0 Å². The highest BCUT2D eigenvalue weighted by molar-refractivity contribution is 7.10. The molecule has 4 rings (SSSR count). The first-order valence-corrected chi connectivity index (χ1v) is 8.80. The number of nitrogens with zero attached hydrogens (tertiary/aromatic N) is 4. The molecule has 3 heterocycles. The molecule has 7 heteroatoms. The molecule has 1 aromatic carbocycles. The fourth-order valence-corrected chi connectivity index (χ4v) is 3.63. The molecule has 24 heavy (non-hydrogen) atoms. The second-order valence-corrected chi connectivity index (χ2v) is 6.66. The zero-order valence-electron chi connectivity index (χ0n) is 13.4. The van der Waals surface area contributed by atoms with Crippen molar-refractivity contribution in [1.29, 1.82) is 0 Å². The molecule has 0 unspecified atom stereocenters. The van der Waals surface area contributed by atoms with Gasteiger partial charge >= 0.3 is 0 Å². The van der Waals surface area contributed by atoms with Crippen LogP contribution in [0.15, 0.2) is 40.2 Å². The van der Waals surface area contributed by atoms with Crippen LogP contribution in [0.2, 0.25) is 0 Å². The summed E-state index contributed by atoms with van der Waals surface area (Å²) in [5, 5.41) is 6.95. The molecular weight excluding hydrogens is 324 g/mol. The van der Waals surface area contributed by atoms with Gasteiger partial charge in [0.2, 0.25) is 5.89 Å². The predicted octanol–water partition coefficient (Wildman–Crippen LogP) is 3.08. The van der Waals surface area contributed by atoms with E-state index in [1.807, 2.05) is 25.1 Å². The number of hydrogen-bond donors (Lipinski definition) is 0. The molecule has 1 fully saturated rings. The molecule has 1 atom stereocenters. The average molecular weight is 342 g/mol. The topological polar surface area (TPSA) is 64.3 Å². The largest absolute Gasteiger partial charge is 0.368 e. The third-order valence-electron chi connectivity index (χ3n) is 3.95. The van der Waals surface area contributed by atoms with Gasteiger partial charge in [-0.15, -0.1) is 11.3 Å². The van der Waals surface area contributed by atoms with Crippen LogP contribution < -0.4 is 0 Å². The van der Waals surface area contributed by atoms with E-state index in [4.69, 9.17) is 14.2 Å². The molecule has 2 aromatic heterocycles. The van der Waals surface area contributed by atoms with Gasteiger partial charge < -0.3 is 9.26 Å². The summed E-state index contributed by atoms with van der Waals surface area (Å²) in [6.45, 7) is 4.80. The van der Waals surface area contributed by atoms with Crippen LogP contribution in [0.5, 0.6) is 0 Å². The Hall–Kier alpha value is -2.09. The Labute approximate surface area is 144 Å². The third kappa shape index (κ3) is 3.38. The van der Waals surface area contributed by atoms with E-state index in [0.29, 0.717) is 24.9 Å². The standard InChI is InChI=1S/C17H18N4O2S/c1-12-18-16(23-20-12)10-21-7-8-22-15(9-21)17-19-14(11-24-17)13-5-3-2-4-6-13/h2-6,11,15H,7-10H2,1H3/t15-/m0/s1. The maximum absolute atomic E-state index is 5.93. The highest BCUT2D eigenvalue weighted by Gasteiger charge is 2.25. The monoisotopic (exact) mass is 342 g/mol. The lowest BCUT2D eigenvalue weighted by atomic mass is 10.2. The zero-order chi connectivity index (χ0) is 16.4. The van der Waals surface area contributed by atoms with Crippen molar-refractivity contribution in [3.8, 4) is 11.3 Å². The number of thiazole rings is 1. The summed E-state index contributed by atoms with van der Waals surface area (Å²) in [6, 6.07) is 10.2. The van der Waals surface area contributed by atoms with Crippen molar-refractivity contribution >= 4 is 11.3 Å². The Kier molecular flexibility index (Phi) is 4.38. The van der Waals surface area contributed by atoms with Gasteiger partial charge in [-0.25, -0.2) is 4.98 Å². The van der Waals surface area contributed by atoms with Crippen LogP contribution in [0, 0.1) is 6.92 Å². The Morgan fingerprint density at radius 3 is 2.92 bits per heavy atom. The summed E-state index contributed by atoms with van der Waals surface area (Å²) >= 11 is 1.65. The second-order valence-electron chi connectivity index (χ2n) is 5.77.